The van der Waals surface area contributed by atoms with Crippen LogP contribution in [0.25, 0.3) is 0 Å². The largest absolute Gasteiger partial charge is 0.465 e. The van der Waals surface area contributed by atoms with Crippen LogP contribution in [0.4, 0.5) is 5.69 Å². The Labute approximate surface area is 118 Å². The molecular weight excluding hydrogens is 254 g/mol. The van der Waals surface area contributed by atoms with Crippen LogP contribution in [-0.2, 0) is 9.53 Å². The molecule has 0 radical (unpaired) electrons. The molecule has 0 heterocycles. The van der Waals surface area contributed by atoms with Gasteiger partial charge in [-0.1, -0.05) is 12.2 Å². The summed E-state index contributed by atoms with van der Waals surface area (Å²) in [6.45, 7) is 1.86. The highest BCUT2D eigenvalue weighted by molar-refractivity contribution is 5.94. The first-order valence-corrected chi connectivity index (χ1v) is 6.75. The highest BCUT2D eigenvalue weighted by Crippen LogP contribution is 2.22. The Morgan fingerprint density at radius 2 is 2.20 bits per heavy atom. The van der Waals surface area contributed by atoms with Crippen LogP contribution in [0.15, 0.2) is 30.4 Å². The van der Waals surface area contributed by atoms with Gasteiger partial charge in [0.25, 0.3) is 0 Å². The van der Waals surface area contributed by atoms with E-state index in [0.717, 1.165) is 24.1 Å². The van der Waals surface area contributed by atoms with Gasteiger partial charge in [-0.2, -0.15) is 0 Å². The third-order valence-electron chi connectivity index (χ3n) is 3.48. The molecule has 1 aromatic rings. The molecule has 1 amide bonds. The fourth-order valence-corrected chi connectivity index (χ4v) is 2.35. The van der Waals surface area contributed by atoms with Crippen molar-refractivity contribution in [2.24, 2.45) is 5.92 Å². The molecule has 1 N–H and O–H groups in total. The highest BCUT2D eigenvalue weighted by Gasteiger charge is 2.15. The van der Waals surface area contributed by atoms with Gasteiger partial charge in [0.2, 0.25) is 5.91 Å². The third-order valence-corrected chi connectivity index (χ3v) is 3.48. The van der Waals surface area contributed by atoms with E-state index in [0.29, 0.717) is 17.9 Å². The summed E-state index contributed by atoms with van der Waals surface area (Å²) < 4.78 is 4.67. The molecule has 106 valence electrons. The number of hydrogen-bond acceptors (Lipinski definition) is 3. The number of carbonyl (C=O) groups is 2. The molecule has 0 fully saturated rings. The van der Waals surface area contributed by atoms with Crippen LogP contribution in [0.1, 0.15) is 35.2 Å². The number of amides is 1. The minimum Gasteiger partial charge on any atom is -0.465 e. The van der Waals surface area contributed by atoms with E-state index in [9.17, 15) is 9.59 Å². The maximum absolute atomic E-state index is 12.0. The van der Waals surface area contributed by atoms with Gasteiger partial charge in [-0.05, 0) is 49.4 Å². The van der Waals surface area contributed by atoms with Crippen molar-refractivity contribution in [2.75, 3.05) is 12.4 Å². The molecule has 0 aromatic heterocycles. The lowest BCUT2D eigenvalue weighted by Gasteiger charge is -2.11. The Hall–Kier alpha value is -2.10. The van der Waals surface area contributed by atoms with Crippen molar-refractivity contribution in [3.8, 4) is 0 Å². The second-order valence-electron chi connectivity index (χ2n) is 5.04. The number of aryl methyl sites for hydroxylation is 1. The Bertz CT molecular complexity index is 549. The zero-order valence-corrected chi connectivity index (χ0v) is 11.8. The lowest BCUT2D eigenvalue weighted by atomic mass is 10.0. The number of methoxy groups -OCH3 is 1. The van der Waals surface area contributed by atoms with Crippen molar-refractivity contribution in [3.63, 3.8) is 0 Å². The topological polar surface area (TPSA) is 55.4 Å². The molecule has 1 aliphatic rings. The number of benzene rings is 1. The van der Waals surface area contributed by atoms with Crippen LogP contribution in [-0.4, -0.2) is 19.0 Å². The smallest absolute Gasteiger partial charge is 0.337 e. The molecule has 20 heavy (non-hydrogen) atoms. The molecule has 2 rings (SSSR count). The second kappa shape index (κ2) is 6.37. The van der Waals surface area contributed by atoms with Gasteiger partial charge in [0, 0.05) is 12.1 Å². The van der Waals surface area contributed by atoms with Gasteiger partial charge in [-0.3, -0.25) is 4.79 Å². The molecule has 1 aromatic carbocycles. The lowest BCUT2D eigenvalue weighted by Crippen LogP contribution is -2.15. The van der Waals surface area contributed by atoms with Crippen LogP contribution >= 0.6 is 0 Å². The van der Waals surface area contributed by atoms with Crippen LogP contribution in [0, 0.1) is 12.8 Å². The highest BCUT2D eigenvalue weighted by atomic mass is 16.5. The van der Waals surface area contributed by atoms with Crippen molar-refractivity contribution in [1.29, 1.82) is 0 Å². The van der Waals surface area contributed by atoms with Crippen LogP contribution < -0.4 is 5.32 Å². The first-order valence-electron chi connectivity index (χ1n) is 6.75. The van der Waals surface area contributed by atoms with E-state index in [1.165, 1.54) is 7.11 Å². The van der Waals surface area contributed by atoms with Crippen LogP contribution in [0.5, 0.6) is 0 Å². The maximum atomic E-state index is 12.0. The van der Waals surface area contributed by atoms with Gasteiger partial charge < -0.3 is 10.1 Å². The van der Waals surface area contributed by atoms with Crippen LogP contribution in [0.2, 0.25) is 0 Å². The molecule has 0 unspecified atom stereocenters. The summed E-state index contributed by atoms with van der Waals surface area (Å²) in [5.74, 6) is -0.0119. The lowest BCUT2D eigenvalue weighted by molar-refractivity contribution is -0.116. The van der Waals surface area contributed by atoms with Gasteiger partial charge in [-0.25, -0.2) is 4.79 Å². The fourth-order valence-electron chi connectivity index (χ4n) is 2.35. The van der Waals surface area contributed by atoms with Crippen molar-refractivity contribution < 1.29 is 14.3 Å². The molecule has 4 heteroatoms. The quantitative estimate of drug-likeness (QED) is 0.677. The summed E-state index contributed by atoms with van der Waals surface area (Å²) in [7, 11) is 1.35. The van der Waals surface area contributed by atoms with Gasteiger partial charge in [0.05, 0.1) is 12.7 Å². The van der Waals surface area contributed by atoms with Gasteiger partial charge in [0.15, 0.2) is 0 Å². The number of carbonyl (C=O) groups excluding carboxylic acids is 2. The monoisotopic (exact) mass is 273 g/mol. The molecule has 0 saturated heterocycles. The Morgan fingerprint density at radius 3 is 2.80 bits per heavy atom. The molecule has 0 bridgehead atoms. The van der Waals surface area contributed by atoms with Gasteiger partial charge in [-0.15, -0.1) is 0 Å². The number of rotatable bonds is 4. The van der Waals surface area contributed by atoms with E-state index in [4.69, 9.17) is 0 Å². The van der Waals surface area contributed by atoms with E-state index in [2.05, 4.69) is 22.2 Å². The van der Waals surface area contributed by atoms with E-state index in [1.54, 1.807) is 18.2 Å². The summed E-state index contributed by atoms with van der Waals surface area (Å²) in [4.78, 5) is 23.4. The molecule has 0 saturated carbocycles. The van der Waals surface area contributed by atoms with E-state index in [-0.39, 0.29) is 11.9 Å². The van der Waals surface area contributed by atoms with Gasteiger partial charge >= 0.3 is 5.97 Å². The number of anilines is 1. The predicted molar refractivity (Wildman–Crippen MR) is 77.6 cm³/mol. The maximum Gasteiger partial charge on any atom is 0.337 e. The Balaban J connectivity index is 2.00. The Kier molecular flexibility index (Phi) is 4.56. The molecule has 1 atom stereocenters. The second-order valence-corrected chi connectivity index (χ2v) is 5.04. The van der Waals surface area contributed by atoms with Crippen molar-refractivity contribution in [2.45, 2.75) is 26.2 Å². The van der Waals surface area contributed by atoms with Crippen LogP contribution in [0.3, 0.4) is 0 Å². The number of nitrogens with one attached hydrogen (secondary N) is 1. The predicted octanol–water partition coefficient (Wildman–Crippen LogP) is 3.08. The average molecular weight is 273 g/mol. The average Bonchev–Trinajstić information content (AvgIpc) is 2.93. The fraction of sp³-hybridized carbons (Fsp3) is 0.375. The molecular formula is C16H19NO3. The number of hydrogen-bond donors (Lipinski definition) is 1. The molecule has 4 nitrogen and oxygen atoms in total. The first-order chi connectivity index (χ1) is 9.60. The van der Waals surface area contributed by atoms with Crippen molar-refractivity contribution in [1.82, 2.24) is 0 Å². The van der Waals surface area contributed by atoms with E-state index < -0.39 is 0 Å². The summed E-state index contributed by atoms with van der Waals surface area (Å²) in [6.07, 6.45) is 6.84. The zero-order valence-electron chi connectivity index (χ0n) is 11.8. The minimum atomic E-state index is -0.373. The summed E-state index contributed by atoms with van der Waals surface area (Å²) in [6, 6.07) is 5.12. The Morgan fingerprint density at radius 1 is 1.40 bits per heavy atom. The first kappa shape index (κ1) is 14.3. The number of allylic oxidation sites excluding steroid dienone is 2. The molecule has 1 aliphatic carbocycles. The summed E-state index contributed by atoms with van der Waals surface area (Å²) >= 11 is 0. The zero-order chi connectivity index (χ0) is 14.5. The standard InChI is InChI=1S/C16H19NO3/c1-11-9-13(16(19)20-2)7-8-14(11)17-15(18)10-12-5-3-4-6-12/h3,5,7-9,12H,4,6,10H2,1-2H3,(H,17,18)/t12-/m0/s1. The van der Waals surface area contributed by atoms with Crippen molar-refractivity contribution >= 4 is 17.6 Å². The molecule has 0 aliphatic heterocycles. The molecule has 0 spiro atoms. The summed E-state index contributed by atoms with van der Waals surface area (Å²) in [5.41, 5.74) is 2.08. The minimum absolute atomic E-state index is 0.00969. The van der Waals surface area contributed by atoms with E-state index in [1.807, 2.05) is 6.92 Å². The SMILES string of the molecule is COC(=O)c1ccc(NC(=O)C[C@H]2C=CCC2)c(C)c1. The van der Waals surface area contributed by atoms with Gasteiger partial charge in [0.1, 0.15) is 0 Å². The summed E-state index contributed by atoms with van der Waals surface area (Å²) in [5, 5.41) is 2.90. The van der Waals surface area contributed by atoms with Crippen molar-refractivity contribution in [3.05, 3.63) is 41.5 Å². The number of esters is 1. The van der Waals surface area contributed by atoms with E-state index >= 15 is 0 Å². The number of ether oxygens (including phenoxy) is 1. The third kappa shape index (κ3) is 3.47. The normalized spacial score (nSPS) is 17.0.